The molecule has 0 bridgehead atoms. The molecule has 3 rings (SSSR count). The molecule has 1 heterocycles. The summed E-state index contributed by atoms with van der Waals surface area (Å²) in [6.07, 6.45) is 4.05. The van der Waals surface area contributed by atoms with Gasteiger partial charge in [-0.15, -0.1) is 0 Å². The monoisotopic (exact) mass is 187 g/mol. The maximum Gasteiger partial charge on any atom is 0.0205 e. The van der Waals surface area contributed by atoms with Crippen LogP contribution in [-0.2, 0) is 11.8 Å². The van der Waals surface area contributed by atoms with Crippen molar-refractivity contribution < 1.29 is 0 Å². The Hall–Kier alpha value is -0.820. The second kappa shape index (κ2) is 2.83. The highest BCUT2D eigenvalue weighted by Crippen LogP contribution is 2.40. The van der Waals surface area contributed by atoms with Crippen LogP contribution in [0.25, 0.3) is 0 Å². The van der Waals surface area contributed by atoms with Crippen LogP contribution < -0.4 is 5.32 Å². The number of nitrogens with one attached hydrogen (secondary N) is 1. The van der Waals surface area contributed by atoms with Gasteiger partial charge in [0.25, 0.3) is 0 Å². The van der Waals surface area contributed by atoms with Crippen molar-refractivity contribution in [3.8, 4) is 0 Å². The van der Waals surface area contributed by atoms with E-state index in [0.717, 1.165) is 0 Å². The molecule has 0 amide bonds. The Kier molecular flexibility index (Phi) is 1.72. The van der Waals surface area contributed by atoms with E-state index >= 15 is 0 Å². The first-order chi connectivity index (χ1) is 6.80. The lowest BCUT2D eigenvalue weighted by Crippen LogP contribution is -2.58. The smallest absolute Gasteiger partial charge is 0.0205 e. The summed E-state index contributed by atoms with van der Waals surface area (Å²) in [6, 6.07) is 7.02. The zero-order valence-electron chi connectivity index (χ0n) is 8.77. The van der Waals surface area contributed by atoms with E-state index in [1.165, 1.54) is 37.9 Å². The summed E-state index contributed by atoms with van der Waals surface area (Å²) in [5, 5.41) is 3.43. The lowest BCUT2D eigenvalue weighted by Gasteiger charge is -2.47. The fourth-order valence-corrected chi connectivity index (χ4v) is 2.99. The van der Waals surface area contributed by atoms with Gasteiger partial charge >= 0.3 is 0 Å². The number of hydrogen-bond donors (Lipinski definition) is 1. The predicted octanol–water partition coefficient (Wildman–Crippen LogP) is 2.17. The largest absolute Gasteiger partial charge is 0.315 e. The maximum atomic E-state index is 3.43. The van der Waals surface area contributed by atoms with Crippen molar-refractivity contribution in [2.24, 2.45) is 0 Å². The summed E-state index contributed by atoms with van der Waals surface area (Å²) in [7, 11) is 0. The van der Waals surface area contributed by atoms with Crippen LogP contribution in [0, 0.1) is 6.92 Å². The molecule has 74 valence electrons. The number of benzene rings is 1. The van der Waals surface area contributed by atoms with Gasteiger partial charge in [-0.1, -0.05) is 23.8 Å². The van der Waals surface area contributed by atoms with E-state index in [1.807, 2.05) is 0 Å². The molecule has 1 aliphatic heterocycles. The van der Waals surface area contributed by atoms with E-state index in [4.69, 9.17) is 0 Å². The zero-order chi connectivity index (χ0) is 9.60. The minimum atomic E-state index is 0.515. The number of fused-ring (bicyclic) bond motifs is 2. The van der Waals surface area contributed by atoms with Crippen molar-refractivity contribution in [1.82, 2.24) is 5.32 Å². The van der Waals surface area contributed by atoms with E-state index < -0.39 is 0 Å². The highest BCUT2D eigenvalue weighted by atomic mass is 15.0. The van der Waals surface area contributed by atoms with Gasteiger partial charge < -0.3 is 5.32 Å². The van der Waals surface area contributed by atoms with Gasteiger partial charge in [-0.25, -0.2) is 0 Å². The van der Waals surface area contributed by atoms with Crippen molar-refractivity contribution in [3.05, 3.63) is 34.9 Å². The second-order valence-electron chi connectivity index (χ2n) is 4.90. The zero-order valence-corrected chi connectivity index (χ0v) is 8.77. The summed E-state index contributed by atoms with van der Waals surface area (Å²) < 4.78 is 0. The molecule has 1 aromatic carbocycles. The quantitative estimate of drug-likeness (QED) is 0.656. The van der Waals surface area contributed by atoms with Gasteiger partial charge in [-0.05, 0) is 37.3 Å². The van der Waals surface area contributed by atoms with Gasteiger partial charge in [0.1, 0.15) is 0 Å². The summed E-state index contributed by atoms with van der Waals surface area (Å²) in [4.78, 5) is 0. The Bertz CT molecular complexity index is 363. The third kappa shape index (κ3) is 1.05. The summed E-state index contributed by atoms with van der Waals surface area (Å²) in [6.45, 7) is 4.59. The summed E-state index contributed by atoms with van der Waals surface area (Å²) in [5.74, 6) is 0. The Labute approximate surface area is 85.5 Å². The van der Waals surface area contributed by atoms with Crippen LogP contribution in [0.1, 0.15) is 29.5 Å². The van der Waals surface area contributed by atoms with Gasteiger partial charge in [-0.2, -0.15) is 0 Å². The van der Waals surface area contributed by atoms with Crippen molar-refractivity contribution >= 4 is 0 Å². The second-order valence-corrected chi connectivity index (χ2v) is 4.90. The third-order valence-corrected chi connectivity index (χ3v) is 3.86. The molecular weight excluding hydrogens is 170 g/mol. The lowest BCUT2D eigenvalue weighted by molar-refractivity contribution is 0.239. The van der Waals surface area contributed by atoms with Crippen molar-refractivity contribution in [3.63, 3.8) is 0 Å². The molecule has 0 aromatic heterocycles. The van der Waals surface area contributed by atoms with Gasteiger partial charge in [0, 0.05) is 18.5 Å². The van der Waals surface area contributed by atoms with Crippen LogP contribution in [0.4, 0.5) is 0 Å². The molecule has 1 N–H and O–H groups in total. The van der Waals surface area contributed by atoms with Gasteiger partial charge in [0.15, 0.2) is 0 Å². The first-order valence-corrected chi connectivity index (χ1v) is 5.61. The topological polar surface area (TPSA) is 12.0 Å². The molecule has 0 unspecified atom stereocenters. The van der Waals surface area contributed by atoms with Crippen LogP contribution in [0.2, 0.25) is 0 Å². The molecule has 2 aliphatic rings. The first-order valence-electron chi connectivity index (χ1n) is 5.61. The highest BCUT2D eigenvalue weighted by molar-refractivity contribution is 5.41. The standard InChI is InChI=1S/C13H17N/c1-10-4-5-12-11(7-10)3-2-6-13(12)8-14-9-13/h4-5,7,14H,2-3,6,8-9H2,1H3. The molecule has 1 fully saturated rings. The number of aryl methyl sites for hydroxylation is 2. The van der Waals surface area contributed by atoms with Crippen LogP contribution in [0.15, 0.2) is 18.2 Å². The molecule has 1 aromatic rings. The fourth-order valence-electron chi connectivity index (χ4n) is 2.99. The van der Waals surface area contributed by atoms with Crippen LogP contribution in [-0.4, -0.2) is 13.1 Å². The van der Waals surface area contributed by atoms with E-state index in [1.54, 1.807) is 11.1 Å². The molecule has 0 radical (unpaired) electrons. The normalized spacial score (nSPS) is 22.9. The Balaban J connectivity index is 2.10. The molecule has 14 heavy (non-hydrogen) atoms. The van der Waals surface area contributed by atoms with E-state index in [-0.39, 0.29) is 0 Å². The van der Waals surface area contributed by atoms with E-state index in [9.17, 15) is 0 Å². The number of rotatable bonds is 0. The van der Waals surface area contributed by atoms with Gasteiger partial charge in [0.05, 0.1) is 0 Å². The fraction of sp³-hybridized carbons (Fsp3) is 0.538. The molecule has 1 saturated heterocycles. The van der Waals surface area contributed by atoms with Crippen LogP contribution >= 0.6 is 0 Å². The molecule has 0 atom stereocenters. The van der Waals surface area contributed by atoms with Crippen molar-refractivity contribution in [2.75, 3.05) is 13.1 Å². The average Bonchev–Trinajstić information content (AvgIpc) is 2.13. The SMILES string of the molecule is Cc1ccc2c(c1)CCCC21CNC1. The predicted molar refractivity (Wildman–Crippen MR) is 58.7 cm³/mol. The maximum absolute atomic E-state index is 3.43. The first kappa shape index (κ1) is 8.49. The third-order valence-electron chi connectivity index (χ3n) is 3.86. The number of hydrogen-bond acceptors (Lipinski definition) is 1. The van der Waals surface area contributed by atoms with E-state index in [0.29, 0.717) is 5.41 Å². The Morgan fingerprint density at radius 3 is 2.86 bits per heavy atom. The van der Waals surface area contributed by atoms with Crippen molar-refractivity contribution in [1.29, 1.82) is 0 Å². The minimum Gasteiger partial charge on any atom is -0.315 e. The lowest BCUT2D eigenvalue weighted by atomic mass is 9.66. The molecule has 1 spiro atoms. The molecule has 1 nitrogen and oxygen atoms in total. The van der Waals surface area contributed by atoms with Crippen molar-refractivity contribution in [2.45, 2.75) is 31.6 Å². The molecule has 0 saturated carbocycles. The Morgan fingerprint density at radius 1 is 1.29 bits per heavy atom. The molecule has 1 heteroatoms. The van der Waals surface area contributed by atoms with Gasteiger partial charge in [-0.3, -0.25) is 0 Å². The minimum absolute atomic E-state index is 0.515. The highest BCUT2D eigenvalue weighted by Gasteiger charge is 2.41. The molecular formula is C13H17N. The van der Waals surface area contributed by atoms with Crippen LogP contribution in [0.5, 0.6) is 0 Å². The Morgan fingerprint density at radius 2 is 2.14 bits per heavy atom. The van der Waals surface area contributed by atoms with E-state index in [2.05, 4.69) is 30.4 Å². The average molecular weight is 187 g/mol. The summed E-state index contributed by atoms with van der Waals surface area (Å²) in [5.41, 5.74) is 5.17. The van der Waals surface area contributed by atoms with Crippen LogP contribution in [0.3, 0.4) is 0 Å². The summed E-state index contributed by atoms with van der Waals surface area (Å²) >= 11 is 0. The molecule has 1 aliphatic carbocycles. The van der Waals surface area contributed by atoms with Gasteiger partial charge in [0.2, 0.25) is 0 Å².